The Hall–Kier alpha value is -1.26. The molecule has 1 aliphatic rings. The monoisotopic (exact) mass is 269 g/mol. The van der Waals surface area contributed by atoms with Crippen LogP contribution in [0.5, 0.6) is 0 Å². The summed E-state index contributed by atoms with van der Waals surface area (Å²) >= 11 is 5.98. The van der Waals surface area contributed by atoms with E-state index in [1.165, 1.54) is 25.0 Å². The maximum atomic E-state index is 10.7. The summed E-state index contributed by atoms with van der Waals surface area (Å²) in [5.41, 5.74) is 0.923. The molecule has 98 valence electrons. The van der Waals surface area contributed by atoms with Crippen molar-refractivity contribution in [3.8, 4) is 0 Å². The van der Waals surface area contributed by atoms with E-state index >= 15 is 0 Å². The summed E-state index contributed by atoms with van der Waals surface area (Å²) in [4.78, 5) is 10.7. The molecule has 0 bridgehead atoms. The highest BCUT2D eigenvalue weighted by molar-refractivity contribution is 6.33. The predicted octanol–water partition coefficient (Wildman–Crippen LogP) is 2.88. The fraction of sp³-hybridized carbons (Fsp3) is 0.462. The molecule has 0 spiro atoms. The molecular formula is C13H16ClNO3. The minimum Gasteiger partial charge on any atom is -0.478 e. The smallest absolute Gasteiger partial charge is 0.335 e. The minimum absolute atomic E-state index is 0.190. The van der Waals surface area contributed by atoms with Gasteiger partial charge in [0.05, 0.1) is 22.9 Å². The van der Waals surface area contributed by atoms with Crippen molar-refractivity contribution in [2.24, 2.45) is 5.92 Å². The Morgan fingerprint density at radius 3 is 2.89 bits per heavy atom. The molecule has 1 fully saturated rings. The highest BCUT2D eigenvalue weighted by Gasteiger charge is 2.20. The van der Waals surface area contributed by atoms with Gasteiger partial charge in [-0.25, -0.2) is 4.79 Å². The van der Waals surface area contributed by atoms with E-state index in [1.54, 1.807) is 6.07 Å². The molecule has 18 heavy (non-hydrogen) atoms. The fourth-order valence-electron chi connectivity index (χ4n) is 1.58. The number of benzene rings is 1. The Labute approximate surface area is 111 Å². The van der Waals surface area contributed by atoms with Crippen molar-refractivity contribution in [1.82, 2.24) is 0 Å². The number of aromatic carboxylic acids is 1. The molecule has 5 heteroatoms. The lowest BCUT2D eigenvalue weighted by atomic mass is 10.2. The molecule has 0 aliphatic heterocycles. The van der Waals surface area contributed by atoms with Gasteiger partial charge in [0.2, 0.25) is 0 Å². The summed E-state index contributed by atoms with van der Waals surface area (Å²) in [5, 5.41) is 12.3. The standard InChI is InChI=1S/C13H16ClNO3/c14-11-7-10(13(16)17)3-4-12(11)15-5-6-18-8-9-1-2-9/h3-4,7,9,15H,1-2,5-6,8H2,(H,16,17). The van der Waals surface area contributed by atoms with Crippen molar-refractivity contribution in [2.75, 3.05) is 25.1 Å². The molecule has 0 amide bonds. The molecule has 1 saturated carbocycles. The van der Waals surface area contributed by atoms with Gasteiger partial charge in [-0.3, -0.25) is 0 Å². The first-order chi connectivity index (χ1) is 8.66. The maximum Gasteiger partial charge on any atom is 0.335 e. The van der Waals surface area contributed by atoms with Crippen LogP contribution in [0.15, 0.2) is 18.2 Å². The number of carboxylic acid groups (broad SMARTS) is 1. The summed E-state index contributed by atoms with van der Waals surface area (Å²) in [7, 11) is 0. The normalized spacial score (nSPS) is 14.5. The SMILES string of the molecule is O=C(O)c1ccc(NCCOCC2CC2)c(Cl)c1. The Balaban J connectivity index is 1.75. The Kier molecular flexibility index (Phi) is 4.44. The third-order valence-corrected chi connectivity index (χ3v) is 3.14. The van der Waals surface area contributed by atoms with Gasteiger partial charge in [-0.2, -0.15) is 0 Å². The van der Waals surface area contributed by atoms with Gasteiger partial charge in [0.1, 0.15) is 0 Å². The summed E-state index contributed by atoms with van der Waals surface area (Å²) in [5.74, 6) is -0.209. The molecule has 0 radical (unpaired) electrons. The summed E-state index contributed by atoms with van der Waals surface area (Å²) in [6.07, 6.45) is 2.58. The first-order valence-electron chi connectivity index (χ1n) is 6.01. The molecular weight excluding hydrogens is 254 g/mol. The van der Waals surface area contributed by atoms with E-state index in [0.717, 1.165) is 18.2 Å². The topological polar surface area (TPSA) is 58.6 Å². The predicted molar refractivity (Wildman–Crippen MR) is 70.4 cm³/mol. The van der Waals surface area contributed by atoms with Gasteiger partial charge in [0.25, 0.3) is 0 Å². The van der Waals surface area contributed by atoms with Gasteiger partial charge < -0.3 is 15.2 Å². The zero-order chi connectivity index (χ0) is 13.0. The Morgan fingerprint density at radius 1 is 1.50 bits per heavy atom. The van der Waals surface area contributed by atoms with Crippen LogP contribution in [-0.2, 0) is 4.74 Å². The van der Waals surface area contributed by atoms with E-state index in [-0.39, 0.29) is 5.56 Å². The minimum atomic E-state index is -0.976. The van der Waals surface area contributed by atoms with Crippen molar-refractivity contribution in [3.63, 3.8) is 0 Å². The van der Waals surface area contributed by atoms with Crippen LogP contribution >= 0.6 is 11.6 Å². The van der Waals surface area contributed by atoms with Gasteiger partial charge in [0.15, 0.2) is 0 Å². The number of halogens is 1. The van der Waals surface area contributed by atoms with Crippen molar-refractivity contribution < 1.29 is 14.6 Å². The van der Waals surface area contributed by atoms with Crippen molar-refractivity contribution in [3.05, 3.63) is 28.8 Å². The van der Waals surface area contributed by atoms with E-state index in [9.17, 15) is 4.79 Å². The number of rotatable bonds is 7. The van der Waals surface area contributed by atoms with Crippen LogP contribution in [-0.4, -0.2) is 30.8 Å². The lowest BCUT2D eigenvalue weighted by Crippen LogP contribution is -2.11. The second kappa shape index (κ2) is 6.07. The first kappa shape index (κ1) is 13.2. The molecule has 2 N–H and O–H groups in total. The molecule has 1 aromatic carbocycles. The lowest BCUT2D eigenvalue weighted by molar-refractivity contribution is 0.0697. The molecule has 0 saturated heterocycles. The largest absolute Gasteiger partial charge is 0.478 e. The molecule has 0 heterocycles. The molecule has 2 rings (SSSR count). The van der Waals surface area contributed by atoms with Crippen LogP contribution < -0.4 is 5.32 Å². The number of carboxylic acids is 1. The van der Waals surface area contributed by atoms with Gasteiger partial charge in [-0.1, -0.05) is 11.6 Å². The number of ether oxygens (including phenoxy) is 1. The summed E-state index contributed by atoms with van der Waals surface area (Å²) in [6.45, 7) is 2.14. The van der Waals surface area contributed by atoms with Gasteiger partial charge >= 0.3 is 5.97 Å². The number of hydrogen-bond acceptors (Lipinski definition) is 3. The van der Waals surface area contributed by atoms with Crippen LogP contribution in [0.4, 0.5) is 5.69 Å². The van der Waals surface area contributed by atoms with Crippen LogP contribution in [0.25, 0.3) is 0 Å². The van der Waals surface area contributed by atoms with Crippen molar-refractivity contribution in [2.45, 2.75) is 12.8 Å². The lowest BCUT2D eigenvalue weighted by Gasteiger charge is -2.09. The van der Waals surface area contributed by atoms with Crippen LogP contribution in [0, 0.1) is 5.92 Å². The quantitative estimate of drug-likeness (QED) is 0.748. The molecule has 1 aromatic rings. The second-order valence-electron chi connectivity index (χ2n) is 4.44. The number of hydrogen-bond donors (Lipinski definition) is 2. The summed E-state index contributed by atoms with van der Waals surface area (Å²) < 4.78 is 5.48. The van der Waals surface area contributed by atoms with Gasteiger partial charge in [-0.15, -0.1) is 0 Å². The summed E-state index contributed by atoms with van der Waals surface area (Å²) in [6, 6.07) is 4.64. The molecule has 0 atom stereocenters. The van der Waals surface area contributed by atoms with Crippen LogP contribution in [0.3, 0.4) is 0 Å². The second-order valence-corrected chi connectivity index (χ2v) is 4.85. The van der Waals surface area contributed by atoms with E-state index in [1.807, 2.05) is 0 Å². The fourth-order valence-corrected chi connectivity index (χ4v) is 1.83. The molecule has 0 aromatic heterocycles. The van der Waals surface area contributed by atoms with E-state index in [4.69, 9.17) is 21.4 Å². The maximum absolute atomic E-state index is 10.7. The molecule has 0 unspecified atom stereocenters. The third kappa shape index (κ3) is 3.89. The van der Waals surface area contributed by atoms with Crippen LogP contribution in [0.2, 0.25) is 5.02 Å². The average molecular weight is 270 g/mol. The van der Waals surface area contributed by atoms with E-state index < -0.39 is 5.97 Å². The Morgan fingerprint density at radius 2 is 2.28 bits per heavy atom. The number of anilines is 1. The highest BCUT2D eigenvalue weighted by Crippen LogP contribution is 2.28. The average Bonchev–Trinajstić information content (AvgIpc) is 3.14. The number of nitrogens with one attached hydrogen (secondary N) is 1. The number of carbonyl (C=O) groups is 1. The Bertz CT molecular complexity index is 432. The van der Waals surface area contributed by atoms with E-state index in [2.05, 4.69) is 5.32 Å². The van der Waals surface area contributed by atoms with Gasteiger partial charge in [-0.05, 0) is 37.0 Å². The zero-order valence-corrected chi connectivity index (χ0v) is 10.7. The first-order valence-corrected chi connectivity index (χ1v) is 6.39. The van der Waals surface area contributed by atoms with E-state index in [0.29, 0.717) is 18.2 Å². The van der Waals surface area contributed by atoms with Crippen LogP contribution in [0.1, 0.15) is 23.2 Å². The molecule has 4 nitrogen and oxygen atoms in total. The molecule has 1 aliphatic carbocycles. The van der Waals surface area contributed by atoms with Crippen molar-refractivity contribution >= 4 is 23.3 Å². The zero-order valence-electron chi connectivity index (χ0n) is 9.99. The highest BCUT2D eigenvalue weighted by atomic mass is 35.5. The third-order valence-electron chi connectivity index (χ3n) is 2.83. The van der Waals surface area contributed by atoms with Gasteiger partial charge in [0, 0.05) is 13.2 Å². The van der Waals surface area contributed by atoms with Crippen molar-refractivity contribution in [1.29, 1.82) is 0 Å².